The van der Waals surface area contributed by atoms with Crippen molar-refractivity contribution in [3.05, 3.63) is 34.7 Å². The van der Waals surface area contributed by atoms with Crippen molar-refractivity contribution in [3.63, 3.8) is 0 Å². The van der Waals surface area contributed by atoms with Crippen LogP contribution in [0.3, 0.4) is 0 Å². The second-order valence-electron chi connectivity index (χ2n) is 15.3. The minimum absolute atomic E-state index is 0.0468. The Balaban J connectivity index is 4.01. The molecule has 0 aliphatic heterocycles. The van der Waals surface area contributed by atoms with Crippen LogP contribution < -0.4 is 0 Å². The van der Waals surface area contributed by atoms with Crippen LogP contribution in [0.2, 0.25) is 0 Å². The molecule has 1 atom stereocenters. The van der Waals surface area contributed by atoms with Gasteiger partial charge in [-0.25, -0.2) is 0 Å². The number of hydrogen-bond donors (Lipinski definition) is 0. The molecule has 0 spiro atoms. The van der Waals surface area contributed by atoms with Gasteiger partial charge in [-0.15, -0.1) is 0 Å². The molecular weight excluding hydrogens is 703 g/mol. The molecule has 56 heavy (non-hydrogen) atoms. The Kier molecular flexibility index (Phi) is 50.2. The van der Waals surface area contributed by atoms with Crippen molar-refractivity contribution in [3.8, 4) is 0 Å². The number of hydrogen-bond acceptors (Lipinski definition) is 7. The van der Waals surface area contributed by atoms with E-state index in [2.05, 4.69) is 48.2 Å². The van der Waals surface area contributed by atoms with Crippen molar-refractivity contribution < 1.29 is 28.4 Å². The Morgan fingerprint density at radius 2 is 0.732 bits per heavy atom. The van der Waals surface area contributed by atoms with Crippen LogP contribution in [0.4, 0.5) is 0 Å². The number of nitrogens with zero attached hydrogens (tertiary/aromatic N) is 3. The number of ether oxygens (including phenoxy) is 6. The minimum atomic E-state index is -0.0468. The van der Waals surface area contributed by atoms with Crippen LogP contribution in [0.15, 0.2) is 29.4 Å². The second-order valence-corrected chi connectivity index (χ2v) is 15.3. The number of allylic oxidation sites excluding steroid dienone is 4. The molecule has 330 valence electrons. The molecule has 0 rings (SSSR count). The quantitative estimate of drug-likeness (QED) is 0.0200. The topological polar surface area (TPSA) is 104 Å². The average Bonchev–Trinajstić information content (AvgIpc) is 3.21. The van der Waals surface area contributed by atoms with E-state index in [-0.39, 0.29) is 6.10 Å². The van der Waals surface area contributed by atoms with Crippen molar-refractivity contribution in [2.45, 2.75) is 200 Å². The fraction of sp³-hybridized carbons (Fsp3) is 0.915. The zero-order chi connectivity index (χ0) is 40.3. The van der Waals surface area contributed by atoms with Gasteiger partial charge in [0.2, 0.25) is 0 Å². The van der Waals surface area contributed by atoms with Crippen molar-refractivity contribution >= 4 is 0 Å². The summed E-state index contributed by atoms with van der Waals surface area (Å²) in [6, 6.07) is 0. The van der Waals surface area contributed by atoms with E-state index in [1.54, 1.807) is 0 Å². The number of rotatable bonds is 49. The first-order valence-corrected chi connectivity index (χ1v) is 23.7. The molecule has 0 aliphatic carbocycles. The Bertz CT molecular complexity index is 839. The lowest BCUT2D eigenvalue weighted by Gasteiger charge is -2.18. The van der Waals surface area contributed by atoms with E-state index in [0.29, 0.717) is 66.0 Å². The Hall–Kier alpha value is -1.45. The van der Waals surface area contributed by atoms with Gasteiger partial charge in [0.05, 0.1) is 59.5 Å². The third kappa shape index (κ3) is 48.7. The highest BCUT2D eigenvalue weighted by molar-refractivity contribution is 4.82. The first-order chi connectivity index (χ1) is 27.8. The van der Waals surface area contributed by atoms with Crippen LogP contribution in [-0.4, -0.2) is 85.3 Å². The van der Waals surface area contributed by atoms with Gasteiger partial charge >= 0.3 is 0 Å². The fourth-order valence-electron chi connectivity index (χ4n) is 6.43. The van der Waals surface area contributed by atoms with Gasteiger partial charge in [0, 0.05) is 24.7 Å². The molecule has 9 nitrogen and oxygen atoms in total. The maximum absolute atomic E-state index is 8.26. The van der Waals surface area contributed by atoms with Gasteiger partial charge in [0.25, 0.3) is 0 Å². The van der Waals surface area contributed by atoms with Gasteiger partial charge in [-0.2, -0.15) is 0 Å². The number of azide groups is 1. The zero-order valence-corrected chi connectivity index (χ0v) is 37.0. The van der Waals surface area contributed by atoms with E-state index in [4.69, 9.17) is 34.0 Å². The smallest absolute Gasteiger partial charge is 0.104 e. The summed E-state index contributed by atoms with van der Waals surface area (Å²) in [4.78, 5) is 2.70. The van der Waals surface area contributed by atoms with E-state index >= 15 is 0 Å². The van der Waals surface area contributed by atoms with Crippen LogP contribution in [0.1, 0.15) is 194 Å². The van der Waals surface area contributed by atoms with E-state index in [9.17, 15) is 0 Å². The summed E-state index contributed by atoms with van der Waals surface area (Å²) in [5, 5.41) is 3.43. The summed E-state index contributed by atoms with van der Waals surface area (Å²) in [5.41, 5.74) is 8.26. The van der Waals surface area contributed by atoms with Crippen molar-refractivity contribution in [1.29, 1.82) is 0 Å². The normalized spacial score (nSPS) is 12.3. The summed E-state index contributed by atoms with van der Waals surface area (Å²) in [6.07, 6.45) is 46.3. The molecule has 0 saturated heterocycles. The van der Waals surface area contributed by atoms with Crippen LogP contribution >= 0.6 is 0 Å². The van der Waals surface area contributed by atoms with Crippen LogP contribution in [0.5, 0.6) is 0 Å². The molecule has 0 amide bonds. The Morgan fingerprint density at radius 1 is 0.393 bits per heavy atom. The second kappa shape index (κ2) is 51.6. The Labute approximate surface area is 346 Å². The summed E-state index contributed by atoms with van der Waals surface area (Å²) < 4.78 is 34.7. The summed E-state index contributed by atoms with van der Waals surface area (Å²) in [7, 11) is 0. The molecule has 0 bridgehead atoms. The molecule has 9 heteroatoms. The average molecular weight is 794 g/mol. The van der Waals surface area contributed by atoms with Crippen molar-refractivity contribution in [1.82, 2.24) is 0 Å². The molecule has 0 fully saturated rings. The lowest BCUT2D eigenvalue weighted by atomic mass is 10.1. The van der Waals surface area contributed by atoms with E-state index in [1.165, 1.54) is 167 Å². The molecule has 0 radical (unpaired) electrons. The van der Waals surface area contributed by atoms with Crippen molar-refractivity contribution in [2.75, 3.05) is 79.2 Å². The highest BCUT2D eigenvalue weighted by atomic mass is 16.6. The largest absolute Gasteiger partial charge is 0.379 e. The summed E-state index contributed by atoms with van der Waals surface area (Å²) in [6.45, 7) is 11.0. The maximum atomic E-state index is 8.26. The molecule has 0 N–H and O–H groups in total. The standard InChI is InChI=1S/C47H91N3O6/c1-3-5-7-9-11-13-15-17-19-21-23-25-27-29-31-33-36-54-45-47(46-55-44-43-53-42-41-52-40-39-51-38-35-49-50-48)56-37-34-32-30-28-26-24-22-20-18-16-14-12-10-8-6-4-2/h17-20,47H,3-16,21-46H2,1-2H3/b19-17-,20-18-. The first kappa shape index (κ1) is 54.6. The highest BCUT2D eigenvalue weighted by Crippen LogP contribution is 2.12. The third-order valence-corrected chi connectivity index (χ3v) is 9.93. The monoisotopic (exact) mass is 794 g/mol. The van der Waals surface area contributed by atoms with E-state index < -0.39 is 0 Å². The van der Waals surface area contributed by atoms with Crippen LogP contribution in [-0.2, 0) is 28.4 Å². The van der Waals surface area contributed by atoms with Gasteiger partial charge in [-0.05, 0) is 69.7 Å². The van der Waals surface area contributed by atoms with Crippen molar-refractivity contribution in [2.24, 2.45) is 5.11 Å². The third-order valence-electron chi connectivity index (χ3n) is 9.93. The molecule has 0 aliphatic rings. The summed E-state index contributed by atoms with van der Waals surface area (Å²) >= 11 is 0. The van der Waals surface area contributed by atoms with E-state index in [1.807, 2.05) is 0 Å². The fourth-order valence-corrected chi connectivity index (χ4v) is 6.43. The predicted octanol–water partition coefficient (Wildman–Crippen LogP) is 13.8. The lowest BCUT2D eigenvalue weighted by Crippen LogP contribution is -2.27. The predicted molar refractivity (Wildman–Crippen MR) is 237 cm³/mol. The lowest BCUT2D eigenvalue weighted by molar-refractivity contribution is -0.0700. The SMILES string of the molecule is CCCCCCCC/C=C\CCCCCCCCOCC(COCCOCCOCCOCCN=[N+]=[N-])OCCCCCCCC/C=C\CCCCCCCC. The van der Waals surface area contributed by atoms with Gasteiger partial charge in [0.1, 0.15) is 6.10 Å². The van der Waals surface area contributed by atoms with Gasteiger partial charge in [-0.1, -0.05) is 159 Å². The molecule has 0 aromatic rings. The molecule has 0 saturated carbocycles. The molecule has 0 heterocycles. The zero-order valence-electron chi connectivity index (χ0n) is 37.0. The minimum Gasteiger partial charge on any atom is -0.379 e. The Morgan fingerprint density at radius 3 is 1.16 bits per heavy atom. The summed E-state index contributed by atoms with van der Waals surface area (Å²) in [5.74, 6) is 0. The first-order valence-electron chi connectivity index (χ1n) is 23.7. The van der Waals surface area contributed by atoms with Crippen LogP contribution in [0.25, 0.3) is 10.4 Å². The molecule has 0 aromatic heterocycles. The highest BCUT2D eigenvalue weighted by Gasteiger charge is 2.10. The van der Waals surface area contributed by atoms with Gasteiger partial charge in [-0.3, -0.25) is 0 Å². The number of unbranched alkanes of at least 4 members (excludes halogenated alkanes) is 24. The van der Waals surface area contributed by atoms with Gasteiger partial charge < -0.3 is 28.4 Å². The molecule has 1 unspecified atom stereocenters. The molecule has 0 aromatic carbocycles. The van der Waals surface area contributed by atoms with E-state index in [0.717, 1.165) is 26.1 Å². The molecular formula is C47H91N3O6. The van der Waals surface area contributed by atoms with Gasteiger partial charge in [0.15, 0.2) is 0 Å². The maximum Gasteiger partial charge on any atom is 0.104 e. The van der Waals surface area contributed by atoms with Crippen LogP contribution in [0, 0.1) is 0 Å².